The van der Waals surface area contributed by atoms with E-state index in [1.54, 1.807) is 61.7 Å². The summed E-state index contributed by atoms with van der Waals surface area (Å²) < 4.78 is 5.96. The number of hydrogen-bond acceptors (Lipinski definition) is 3. The highest BCUT2D eigenvalue weighted by molar-refractivity contribution is 9.10. The van der Waals surface area contributed by atoms with Gasteiger partial charge in [0.1, 0.15) is 17.4 Å². The van der Waals surface area contributed by atoms with Crippen LogP contribution in [0.4, 0.5) is 0 Å². The molecule has 0 aliphatic carbocycles. The third-order valence-electron chi connectivity index (χ3n) is 2.90. The van der Waals surface area contributed by atoms with Crippen molar-refractivity contribution in [1.82, 2.24) is 0 Å². The predicted octanol–water partition coefficient (Wildman–Crippen LogP) is 4.25. The smallest absolute Gasteiger partial charge is 0.203 e. The van der Waals surface area contributed by atoms with Crippen molar-refractivity contribution in [1.29, 1.82) is 5.26 Å². The van der Waals surface area contributed by atoms with E-state index in [2.05, 4.69) is 15.9 Å². The molecule has 2 aromatic rings. The number of ether oxygens (including phenoxy) is 1. The zero-order valence-electron chi connectivity index (χ0n) is 11.3. The number of carbonyl (C=O) groups is 1. The Balaban J connectivity index is 2.29. The molecule has 0 saturated carbocycles. The monoisotopic (exact) mass is 341 g/mol. The maximum absolute atomic E-state index is 12.3. The van der Waals surface area contributed by atoms with E-state index in [9.17, 15) is 10.1 Å². The minimum Gasteiger partial charge on any atom is -0.497 e. The molecule has 0 saturated heterocycles. The van der Waals surface area contributed by atoms with Gasteiger partial charge in [-0.15, -0.1) is 0 Å². The molecule has 2 rings (SSSR count). The van der Waals surface area contributed by atoms with Gasteiger partial charge in [-0.2, -0.15) is 5.26 Å². The predicted molar refractivity (Wildman–Crippen MR) is 85.1 cm³/mol. The highest BCUT2D eigenvalue weighted by Gasteiger charge is 2.11. The topological polar surface area (TPSA) is 50.1 Å². The van der Waals surface area contributed by atoms with Crippen LogP contribution in [-0.2, 0) is 0 Å². The van der Waals surface area contributed by atoms with Crippen LogP contribution in [0.2, 0.25) is 0 Å². The average molecular weight is 342 g/mol. The Morgan fingerprint density at radius 3 is 2.29 bits per heavy atom. The summed E-state index contributed by atoms with van der Waals surface area (Å²) in [6.45, 7) is 0. The number of ketones is 1. The Kier molecular flexibility index (Phi) is 4.91. The SMILES string of the molecule is COc1ccc(/C=C(\C#N)C(=O)c2ccc(Br)cc2)cc1. The Labute approximate surface area is 131 Å². The van der Waals surface area contributed by atoms with Gasteiger partial charge in [0.25, 0.3) is 0 Å². The van der Waals surface area contributed by atoms with Crippen molar-refractivity contribution >= 4 is 27.8 Å². The summed E-state index contributed by atoms with van der Waals surface area (Å²) in [6, 6.07) is 16.0. The molecule has 0 radical (unpaired) electrons. The van der Waals surface area contributed by atoms with Crippen LogP contribution in [0.1, 0.15) is 15.9 Å². The van der Waals surface area contributed by atoms with E-state index >= 15 is 0 Å². The second kappa shape index (κ2) is 6.87. The molecule has 2 aromatic carbocycles. The fourth-order valence-corrected chi connectivity index (χ4v) is 2.04. The molecule has 0 N–H and O–H groups in total. The molecule has 0 unspecified atom stereocenters. The van der Waals surface area contributed by atoms with Crippen LogP contribution < -0.4 is 4.74 Å². The summed E-state index contributed by atoms with van der Waals surface area (Å²) >= 11 is 3.31. The van der Waals surface area contributed by atoms with Crippen molar-refractivity contribution in [2.75, 3.05) is 7.11 Å². The van der Waals surface area contributed by atoms with Gasteiger partial charge >= 0.3 is 0 Å². The molecule has 0 bridgehead atoms. The molecule has 0 fully saturated rings. The molecular weight excluding hydrogens is 330 g/mol. The van der Waals surface area contributed by atoms with Gasteiger partial charge in [-0.05, 0) is 48.0 Å². The largest absolute Gasteiger partial charge is 0.497 e. The Morgan fingerprint density at radius 2 is 1.76 bits per heavy atom. The minimum atomic E-state index is -0.291. The lowest BCUT2D eigenvalue weighted by atomic mass is 10.0. The molecule has 0 heterocycles. The van der Waals surface area contributed by atoms with Gasteiger partial charge in [-0.25, -0.2) is 0 Å². The lowest BCUT2D eigenvalue weighted by Crippen LogP contribution is -2.01. The van der Waals surface area contributed by atoms with E-state index in [1.165, 1.54) is 0 Å². The van der Waals surface area contributed by atoms with Crippen molar-refractivity contribution in [3.8, 4) is 11.8 Å². The van der Waals surface area contributed by atoms with Crippen molar-refractivity contribution < 1.29 is 9.53 Å². The summed E-state index contributed by atoms with van der Waals surface area (Å²) in [5, 5.41) is 9.20. The van der Waals surface area contributed by atoms with Gasteiger partial charge in [0.05, 0.1) is 7.11 Å². The molecule has 0 atom stereocenters. The van der Waals surface area contributed by atoms with Crippen molar-refractivity contribution in [2.45, 2.75) is 0 Å². The quantitative estimate of drug-likeness (QED) is 0.474. The van der Waals surface area contributed by atoms with Crippen LogP contribution in [0.5, 0.6) is 5.75 Å². The number of allylic oxidation sites excluding steroid dienone is 1. The molecule has 0 spiro atoms. The number of hydrogen-bond donors (Lipinski definition) is 0. The van der Waals surface area contributed by atoms with Gasteiger partial charge in [0.2, 0.25) is 5.78 Å². The van der Waals surface area contributed by atoms with E-state index in [-0.39, 0.29) is 11.4 Å². The van der Waals surface area contributed by atoms with Crippen molar-refractivity contribution in [2.24, 2.45) is 0 Å². The molecular formula is C17H12BrNO2. The molecule has 0 aromatic heterocycles. The second-order valence-electron chi connectivity index (χ2n) is 4.28. The summed E-state index contributed by atoms with van der Waals surface area (Å²) in [5.74, 6) is 0.436. The molecule has 0 amide bonds. The number of rotatable bonds is 4. The molecule has 104 valence electrons. The van der Waals surface area contributed by atoms with Crippen LogP contribution in [0.15, 0.2) is 58.6 Å². The number of benzene rings is 2. The van der Waals surface area contributed by atoms with Gasteiger partial charge in [-0.3, -0.25) is 4.79 Å². The van der Waals surface area contributed by atoms with Gasteiger partial charge < -0.3 is 4.74 Å². The van der Waals surface area contributed by atoms with Crippen LogP contribution in [0, 0.1) is 11.3 Å². The molecule has 0 aliphatic heterocycles. The zero-order chi connectivity index (χ0) is 15.2. The highest BCUT2D eigenvalue weighted by atomic mass is 79.9. The number of methoxy groups -OCH3 is 1. The Morgan fingerprint density at radius 1 is 1.14 bits per heavy atom. The second-order valence-corrected chi connectivity index (χ2v) is 5.19. The van der Waals surface area contributed by atoms with Gasteiger partial charge in [0, 0.05) is 10.0 Å². The maximum atomic E-state index is 12.3. The fraction of sp³-hybridized carbons (Fsp3) is 0.0588. The lowest BCUT2D eigenvalue weighted by Gasteiger charge is -2.02. The number of halogens is 1. The summed E-state index contributed by atoms with van der Waals surface area (Å²) in [4.78, 5) is 12.3. The standard InChI is InChI=1S/C17H12BrNO2/c1-21-16-8-2-12(3-9-16)10-14(11-19)17(20)13-4-6-15(18)7-5-13/h2-10H,1H3/b14-10+. The fourth-order valence-electron chi connectivity index (χ4n) is 1.77. The maximum Gasteiger partial charge on any atom is 0.203 e. The number of nitrogens with zero attached hydrogens (tertiary/aromatic N) is 1. The summed E-state index contributed by atoms with van der Waals surface area (Å²) in [6.07, 6.45) is 1.57. The summed E-state index contributed by atoms with van der Waals surface area (Å²) in [7, 11) is 1.59. The Bertz CT molecular complexity index is 710. The van der Waals surface area contributed by atoms with Crippen molar-refractivity contribution in [3.05, 3.63) is 69.7 Å². The van der Waals surface area contributed by atoms with E-state index in [1.807, 2.05) is 6.07 Å². The molecule has 21 heavy (non-hydrogen) atoms. The molecule has 3 nitrogen and oxygen atoms in total. The molecule has 4 heteroatoms. The number of nitriles is 1. The Hall–Kier alpha value is -2.38. The van der Waals surface area contributed by atoms with Gasteiger partial charge in [-0.1, -0.05) is 28.1 Å². The zero-order valence-corrected chi connectivity index (χ0v) is 12.9. The van der Waals surface area contributed by atoms with Crippen LogP contribution in [0.3, 0.4) is 0 Å². The molecule has 0 aliphatic rings. The highest BCUT2D eigenvalue weighted by Crippen LogP contribution is 2.17. The first-order valence-electron chi connectivity index (χ1n) is 6.20. The third-order valence-corrected chi connectivity index (χ3v) is 3.43. The number of Topliss-reactive ketones (excluding diaryl/α,β-unsaturated/α-hetero) is 1. The number of carbonyl (C=O) groups excluding carboxylic acids is 1. The van der Waals surface area contributed by atoms with Crippen LogP contribution >= 0.6 is 15.9 Å². The first-order chi connectivity index (χ1) is 10.1. The summed E-state index contributed by atoms with van der Waals surface area (Å²) in [5.41, 5.74) is 1.36. The van der Waals surface area contributed by atoms with Crippen LogP contribution in [0.25, 0.3) is 6.08 Å². The minimum absolute atomic E-state index is 0.0995. The van der Waals surface area contributed by atoms with Crippen LogP contribution in [-0.4, -0.2) is 12.9 Å². The lowest BCUT2D eigenvalue weighted by molar-refractivity contribution is 0.104. The van der Waals surface area contributed by atoms with E-state index in [0.717, 1.165) is 15.8 Å². The van der Waals surface area contributed by atoms with E-state index in [0.29, 0.717) is 5.56 Å². The van der Waals surface area contributed by atoms with E-state index in [4.69, 9.17) is 4.74 Å². The first-order valence-corrected chi connectivity index (χ1v) is 6.99. The first kappa shape index (κ1) is 15.0. The average Bonchev–Trinajstić information content (AvgIpc) is 2.53. The third kappa shape index (κ3) is 3.80. The van der Waals surface area contributed by atoms with Gasteiger partial charge in [0.15, 0.2) is 0 Å². The van der Waals surface area contributed by atoms with E-state index < -0.39 is 0 Å². The van der Waals surface area contributed by atoms with Crippen molar-refractivity contribution in [3.63, 3.8) is 0 Å². The normalized spacial score (nSPS) is 10.8.